The fraction of sp³-hybridized carbons (Fsp3) is 0.0952. The van der Waals surface area contributed by atoms with Crippen molar-refractivity contribution in [2.75, 3.05) is 7.11 Å². The number of fused-ring (bicyclic) bond motifs is 1. The van der Waals surface area contributed by atoms with Crippen molar-refractivity contribution < 1.29 is 14.6 Å². The largest absolute Gasteiger partial charge is 0.495 e. The molecule has 0 bridgehead atoms. The number of nitrogens with one attached hydrogen (secondary N) is 2. The highest BCUT2D eigenvalue weighted by Crippen LogP contribution is 2.32. The number of aromatic hydroxyl groups is 1. The number of hydrogen-bond acceptors (Lipinski definition) is 6. The van der Waals surface area contributed by atoms with E-state index < -0.39 is 0 Å². The van der Waals surface area contributed by atoms with E-state index in [0.717, 1.165) is 10.4 Å². The van der Waals surface area contributed by atoms with Crippen LogP contribution in [0.25, 0.3) is 23.1 Å². The second kappa shape index (κ2) is 8.15. The van der Waals surface area contributed by atoms with Crippen LogP contribution in [-0.2, 0) is 6.54 Å². The minimum absolute atomic E-state index is 0.0543. The molecule has 4 rings (SSSR count). The third kappa shape index (κ3) is 3.97. The second-order valence-corrected chi connectivity index (χ2v) is 7.23. The standard InChI is InChI=1S/C21H18N4O3S/c1-28-20-15(21(27)22-12-14-5-3-11-29-14)8-10-17-19(20)16(24-25-17)9-7-13-4-2-6-18(26)23-13/h2-11H,12H2,1H3,(H,22,27)(H,23,26)(H,24,25)/b9-7+. The van der Waals surface area contributed by atoms with E-state index in [0.29, 0.717) is 34.6 Å². The van der Waals surface area contributed by atoms with Crippen molar-refractivity contribution in [1.29, 1.82) is 0 Å². The number of pyridine rings is 1. The second-order valence-electron chi connectivity index (χ2n) is 6.19. The monoisotopic (exact) mass is 406 g/mol. The highest BCUT2D eigenvalue weighted by molar-refractivity contribution is 7.09. The predicted octanol–water partition coefficient (Wildman–Crippen LogP) is 3.83. The van der Waals surface area contributed by atoms with Gasteiger partial charge in [-0.05, 0) is 41.8 Å². The van der Waals surface area contributed by atoms with Gasteiger partial charge in [-0.2, -0.15) is 5.10 Å². The van der Waals surface area contributed by atoms with Crippen LogP contribution in [0.1, 0.15) is 26.6 Å². The number of rotatable bonds is 6. The summed E-state index contributed by atoms with van der Waals surface area (Å²) in [5, 5.41) is 22.4. The minimum Gasteiger partial charge on any atom is -0.495 e. The lowest BCUT2D eigenvalue weighted by atomic mass is 10.1. The van der Waals surface area contributed by atoms with Crippen molar-refractivity contribution in [1.82, 2.24) is 20.5 Å². The lowest BCUT2D eigenvalue weighted by Gasteiger charge is -2.10. The van der Waals surface area contributed by atoms with Crippen LogP contribution in [0.4, 0.5) is 0 Å². The van der Waals surface area contributed by atoms with Crippen LogP contribution >= 0.6 is 11.3 Å². The number of ether oxygens (including phenoxy) is 1. The van der Waals surface area contributed by atoms with Crippen LogP contribution < -0.4 is 10.1 Å². The number of methoxy groups -OCH3 is 1. The molecule has 0 atom stereocenters. The van der Waals surface area contributed by atoms with E-state index in [1.54, 1.807) is 47.8 Å². The summed E-state index contributed by atoms with van der Waals surface area (Å²) in [6.07, 6.45) is 3.49. The van der Waals surface area contributed by atoms with Crippen molar-refractivity contribution >= 4 is 40.3 Å². The van der Waals surface area contributed by atoms with E-state index in [2.05, 4.69) is 20.5 Å². The number of H-pyrrole nitrogens is 1. The van der Waals surface area contributed by atoms with Gasteiger partial charge in [-0.1, -0.05) is 12.1 Å². The maximum absolute atomic E-state index is 12.7. The number of aromatic nitrogens is 3. The molecule has 0 aliphatic carbocycles. The molecule has 1 amide bonds. The number of amides is 1. The van der Waals surface area contributed by atoms with Crippen LogP contribution in [0.3, 0.4) is 0 Å². The summed E-state index contributed by atoms with van der Waals surface area (Å²) >= 11 is 1.59. The van der Waals surface area contributed by atoms with Crippen molar-refractivity contribution in [2.24, 2.45) is 0 Å². The van der Waals surface area contributed by atoms with Gasteiger partial charge in [-0.3, -0.25) is 9.89 Å². The Bertz CT molecular complexity index is 1180. The van der Waals surface area contributed by atoms with Gasteiger partial charge in [-0.25, -0.2) is 4.98 Å². The number of nitrogens with zero attached hydrogens (tertiary/aromatic N) is 2. The van der Waals surface area contributed by atoms with Gasteiger partial charge in [0.15, 0.2) is 0 Å². The van der Waals surface area contributed by atoms with Gasteiger partial charge in [-0.15, -0.1) is 11.3 Å². The smallest absolute Gasteiger partial charge is 0.255 e. The van der Waals surface area contributed by atoms with Crippen LogP contribution in [0.15, 0.2) is 47.8 Å². The number of hydrogen-bond donors (Lipinski definition) is 3. The Morgan fingerprint density at radius 2 is 2.14 bits per heavy atom. The summed E-state index contributed by atoms with van der Waals surface area (Å²) in [5.74, 6) is 0.174. The number of carbonyl (C=O) groups is 1. The first-order valence-electron chi connectivity index (χ1n) is 8.85. The van der Waals surface area contributed by atoms with E-state index in [1.165, 1.54) is 13.2 Å². The van der Waals surface area contributed by atoms with Crippen molar-refractivity contribution in [3.8, 4) is 11.6 Å². The van der Waals surface area contributed by atoms with Gasteiger partial charge in [0.05, 0.1) is 41.5 Å². The van der Waals surface area contributed by atoms with Gasteiger partial charge in [0.1, 0.15) is 5.75 Å². The van der Waals surface area contributed by atoms with E-state index in [-0.39, 0.29) is 11.8 Å². The Morgan fingerprint density at radius 3 is 2.90 bits per heavy atom. The number of thiophene rings is 1. The molecule has 29 heavy (non-hydrogen) atoms. The third-order valence-corrected chi connectivity index (χ3v) is 5.21. The summed E-state index contributed by atoms with van der Waals surface area (Å²) in [4.78, 5) is 17.8. The van der Waals surface area contributed by atoms with E-state index in [9.17, 15) is 9.90 Å². The quantitative estimate of drug-likeness (QED) is 0.452. The fourth-order valence-corrected chi connectivity index (χ4v) is 3.63. The average molecular weight is 406 g/mol. The predicted molar refractivity (Wildman–Crippen MR) is 113 cm³/mol. The van der Waals surface area contributed by atoms with Crippen LogP contribution in [0.5, 0.6) is 11.6 Å². The maximum Gasteiger partial charge on any atom is 0.255 e. The SMILES string of the molecule is COc1c(C(=O)NCc2cccs2)ccc2[nH]nc(/C=C/c3cccc(O)n3)c12. The average Bonchev–Trinajstić information content (AvgIpc) is 3.39. The molecule has 0 saturated carbocycles. The lowest BCUT2D eigenvalue weighted by molar-refractivity contribution is 0.0948. The molecule has 0 spiro atoms. The Morgan fingerprint density at radius 1 is 1.24 bits per heavy atom. The van der Waals surface area contributed by atoms with Gasteiger partial charge >= 0.3 is 0 Å². The Balaban J connectivity index is 1.66. The summed E-state index contributed by atoms with van der Waals surface area (Å²) < 4.78 is 5.58. The molecule has 7 nitrogen and oxygen atoms in total. The first-order chi connectivity index (χ1) is 14.2. The summed E-state index contributed by atoms with van der Waals surface area (Å²) in [7, 11) is 1.53. The highest BCUT2D eigenvalue weighted by Gasteiger charge is 2.18. The Kier molecular flexibility index (Phi) is 5.26. The molecule has 8 heteroatoms. The fourth-order valence-electron chi connectivity index (χ4n) is 2.99. The number of aromatic amines is 1. The zero-order chi connectivity index (χ0) is 20.2. The lowest BCUT2D eigenvalue weighted by Crippen LogP contribution is -2.22. The molecule has 0 unspecified atom stereocenters. The number of benzene rings is 1. The molecule has 146 valence electrons. The maximum atomic E-state index is 12.7. The molecule has 0 fully saturated rings. The van der Waals surface area contributed by atoms with E-state index in [4.69, 9.17) is 4.74 Å². The normalized spacial score (nSPS) is 11.2. The first-order valence-corrected chi connectivity index (χ1v) is 9.73. The zero-order valence-corrected chi connectivity index (χ0v) is 16.4. The van der Waals surface area contributed by atoms with Crippen molar-refractivity contribution in [3.63, 3.8) is 0 Å². The highest BCUT2D eigenvalue weighted by atomic mass is 32.1. The summed E-state index contributed by atoms with van der Waals surface area (Å²) in [5.41, 5.74) is 2.38. The minimum atomic E-state index is -0.220. The molecule has 3 aromatic heterocycles. The van der Waals surface area contributed by atoms with Gasteiger partial charge in [0.2, 0.25) is 5.88 Å². The van der Waals surface area contributed by atoms with Gasteiger partial charge in [0, 0.05) is 10.9 Å². The molecule has 0 aliphatic rings. The van der Waals surface area contributed by atoms with Gasteiger partial charge < -0.3 is 15.2 Å². The third-order valence-electron chi connectivity index (χ3n) is 4.33. The molecule has 4 aromatic rings. The van der Waals surface area contributed by atoms with Crippen LogP contribution in [-0.4, -0.2) is 33.3 Å². The van der Waals surface area contributed by atoms with Crippen LogP contribution in [0.2, 0.25) is 0 Å². The molecule has 1 aromatic carbocycles. The Labute approximate surface area is 170 Å². The van der Waals surface area contributed by atoms with E-state index in [1.807, 2.05) is 17.5 Å². The molecular formula is C21H18N4O3S. The summed E-state index contributed by atoms with van der Waals surface area (Å²) in [6, 6.07) is 12.4. The van der Waals surface area contributed by atoms with E-state index >= 15 is 0 Å². The zero-order valence-electron chi connectivity index (χ0n) is 15.5. The molecule has 0 aliphatic heterocycles. The van der Waals surface area contributed by atoms with Gasteiger partial charge in [0.25, 0.3) is 5.91 Å². The molecule has 3 heterocycles. The van der Waals surface area contributed by atoms with Crippen molar-refractivity contribution in [2.45, 2.75) is 6.54 Å². The summed E-state index contributed by atoms with van der Waals surface area (Å²) in [6.45, 7) is 0.457. The molecular weight excluding hydrogens is 388 g/mol. The molecule has 0 radical (unpaired) electrons. The van der Waals surface area contributed by atoms with Crippen LogP contribution in [0, 0.1) is 0 Å². The van der Waals surface area contributed by atoms with Crippen molar-refractivity contribution in [3.05, 3.63) is 69.7 Å². The topological polar surface area (TPSA) is 100 Å². The molecule has 3 N–H and O–H groups in total. The first kappa shape index (κ1) is 18.7. The number of carbonyl (C=O) groups excluding carboxylic acids is 1. The Hall–Kier alpha value is -3.65. The molecule has 0 saturated heterocycles.